The molecule has 0 bridgehead atoms. The maximum absolute atomic E-state index is 9.13. The highest BCUT2D eigenvalue weighted by Gasteiger charge is 2.22. The third-order valence-electron chi connectivity index (χ3n) is 3.56. The van der Waals surface area contributed by atoms with E-state index >= 15 is 0 Å². The van der Waals surface area contributed by atoms with Crippen LogP contribution in [0.2, 0.25) is 0 Å². The fraction of sp³-hybridized carbons (Fsp3) is 0.833. The summed E-state index contributed by atoms with van der Waals surface area (Å²) in [4.78, 5) is 0. The molecule has 0 unspecified atom stereocenters. The molecule has 2 heteroatoms. The molecule has 0 aromatic rings. The van der Waals surface area contributed by atoms with Crippen LogP contribution in [-0.4, -0.2) is 11.1 Å². The topological polar surface area (TPSA) is 46.2 Å². The van der Waals surface area contributed by atoms with Crippen LogP contribution in [0.4, 0.5) is 0 Å². The van der Waals surface area contributed by atoms with Gasteiger partial charge >= 0.3 is 0 Å². The van der Waals surface area contributed by atoms with Gasteiger partial charge in [-0.25, -0.2) is 0 Å². The Kier molecular flexibility index (Phi) is 4.46. The fourth-order valence-corrected chi connectivity index (χ4v) is 2.37. The predicted molar refractivity (Wildman–Crippen MR) is 60.1 cm³/mol. The number of aliphatic hydroxyl groups is 1. The Hall–Kier alpha value is -0.500. The lowest BCUT2D eigenvalue weighted by Crippen LogP contribution is -2.27. The van der Waals surface area contributed by atoms with Gasteiger partial charge < -0.3 is 10.8 Å². The van der Waals surface area contributed by atoms with Gasteiger partial charge in [-0.1, -0.05) is 45.6 Å². The Morgan fingerprint density at radius 3 is 2.29 bits per heavy atom. The van der Waals surface area contributed by atoms with Crippen molar-refractivity contribution < 1.29 is 5.11 Å². The van der Waals surface area contributed by atoms with Crippen molar-refractivity contribution in [3.63, 3.8) is 0 Å². The average molecular weight is 197 g/mol. The SMILES string of the molecule is C=C(O)[C@@H](N)CC1CCC(CC)CC1. The molecule has 0 saturated heterocycles. The lowest BCUT2D eigenvalue weighted by atomic mass is 9.78. The van der Waals surface area contributed by atoms with Crippen LogP contribution < -0.4 is 5.73 Å². The number of nitrogens with two attached hydrogens (primary N) is 1. The van der Waals surface area contributed by atoms with E-state index in [4.69, 9.17) is 10.8 Å². The van der Waals surface area contributed by atoms with Crippen molar-refractivity contribution in [2.24, 2.45) is 17.6 Å². The maximum atomic E-state index is 9.13. The van der Waals surface area contributed by atoms with E-state index in [0.717, 1.165) is 12.3 Å². The van der Waals surface area contributed by atoms with Gasteiger partial charge in [0.25, 0.3) is 0 Å². The highest BCUT2D eigenvalue weighted by molar-refractivity contribution is 4.93. The summed E-state index contributed by atoms with van der Waals surface area (Å²) in [6.07, 6.45) is 7.45. The normalized spacial score (nSPS) is 29.9. The zero-order chi connectivity index (χ0) is 10.6. The molecule has 14 heavy (non-hydrogen) atoms. The van der Waals surface area contributed by atoms with E-state index < -0.39 is 0 Å². The zero-order valence-corrected chi connectivity index (χ0v) is 9.21. The number of aliphatic hydroxyl groups excluding tert-OH is 1. The molecule has 82 valence electrons. The van der Waals surface area contributed by atoms with Crippen LogP contribution in [0.1, 0.15) is 45.4 Å². The van der Waals surface area contributed by atoms with Crippen LogP contribution in [0.25, 0.3) is 0 Å². The third-order valence-corrected chi connectivity index (χ3v) is 3.56. The summed E-state index contributed by atoms with van der Waals surface area (Å²) >= 11 is 0. The summed E-state index contributed by atoms with van der Waals surface area (Å²) in [5, 5.41) is 9.13. The molecule has 1 atom stereocenters. The summed E-state index contributed by atoms with van der Waals surface area (Å²) < 4.78 is 0. The van der Waals surface area contributed by atoms with Gasteiger partial charge in [0.05, 0.1) is 6.04 Å². The molecule has 1 fully saturated rings. The summed E-state index contributed by atoms with van der Waals surface area (Å²) in [7, 11) is 0. The Morgan fingerprint density at radius 2 is 1.86 bits per heavy atom. The lowest BCUT2D eigenvalue weighted by molar-refractivity contribution is 0.239. The zero-order valence-electron chi connectivity index (χ0n) is 9.21. The molecule has 0 radical (unpaired) electrons. The van der Waals surface area contributed by atoms with Gasteiger partial charge in [0.15, 0.2) is 0 Å². The van der Waals surface area contributed by atoms with Gasteiger partial charge in [0.2, 0.25) is 0 Å². The summed E-state index contributed by atoms with van der Waals surface area (Å²) in [6, 6.07) is -0.210. The van der Waals surface area contributed by atoms with Gasteiger partial charge in [0.1, 0.15) is 5.76 Å². The maximum Gasteiger partial charge on any atom is 0.102 e. The molecule has 0 amide bonds. The van der Waals surface area contributed by atoms with Crippen LogP contribution in [0.5, 0.6) is 0 Å². The van der Waals surface area contributed by atoms with Crippen molar-refractivity contribution >= 4 is 0 Å². The van der Waals surface area contributed by atoms with Crippen molar-refractivity contribution in [3.8, 4) is 0 Å². The largest absolute Gasteiger partial charge is 0.511 e. The molecular weight excluding hydrogens is 174 g/mol. The fourth-order valence-electron chi connectivity index (χ4n) is 2.37. The Bertz CT molecular complexity index is 183. The van der Waals surface area contributed by atoms with Gasteiger partial charge in [-0.15, -0.1) is 0 Å². The summed E-state index contributed by atoms with van der Waals surface area (Å²) in [6.45, 7) is 5.75. The monoisotopic (exact) mass is 197 g/mol. The predicted octanol–water partition coefficient (Wildman–Crippen LogP) is 2.99. The molecule has 1 saturated carbocycles. The second-order valence-corrected chi connectivity index (χ2v) is 4.63. The van der Waals surface area contributed by atoms with Crippen molar-refractivity contribution in [1.29, 1.82) is 0 Å². The number of hydrogen-bond donors (Lipinski definition) is 2. The quantitative estimate of drug-likeness (QED) is 0.680. The molecule has 0 spiro atoms. The van der Waals surface area contributed by atoms with E-state index in [2.05, 4.69) is 13.5 Å². The Balaban J connectivity index is 2.25. The molecule has 1 aliphatic carbocycles. The molecule has 0 heterocycles. The van der Waals surface area contributed by atoms with Gasteiger partial charge in [-0.3, -0.25) is 0 Å². The second-order valence-electron chi connectivity index (χ2n) is 4.63. The smallest absolute Gasteiger partial charge is 0.102 e. The third kappa shape index (κ3) is 3.33. The first-order valence-electron chi connectivity index (χ1n) is 5.76. The number of hydrogen-bond acceptors (Lipinski definition) is 2. The van der Waals surface area contributed by atoms with Gasteiger partial charge in [0, 0.05) is 0 Å². The van der Waals surface area contributed by atoms with E-state index in [1.807, 2.05) is 0 Å². The van der Waals surface area contributed by atoms with Crippen molar-refractivity contribution in [3.05, 3.63) is 12.3 Å². The Morgan fingerprint density at radius 1 is 1.36 bits per heavy atom. The molecule has 0 aliphatic heterocycles. The summed E-state index contributed by atoms with van der Waals surface area (Å²) in [5.41, 5.74) is 5.76. The number of rotatable bonds is 4. The molecule has 2 nitrogen and oxygen atoms in total. The molecule has 1 rings (SSSR count). The molecule has 1 aliphatic rings. The van der Waals surface area contributed by atoms with E-state index in [-0.39, 0.29) is 11.8 Å². The molecular formula is C12H23NO. The van der Waals surface area contributed by atoms with Crippen molar-refractivity contribution in [2.45, 2.75) is 51.5 Å². The minimum Gasteiger partial charge on any atom is -0.511 e. The van der Waals surface area contributed by atoms with E-state index in [1.165, 1.54) is 32.1 Å². The molecule has 0 aromatic heterocycles. The van der Waals surface area contributed by atoms with E-state index in [0.29, 0.717) is 5.92 Å². The first-order chi connectivity index (χ1) is 6.63. The van der Waals surface area contributed by atoms with Crippen LogP contribution in [0.15, 0.2) is 12.3 Å². The minimum absolute atomic E-state index is 0.141. The van der Waals surface area contributed by atoms with Gasteiger partial charge in [-0.2, -0.15) is 0 Å². The van der Waals surface area contributed by atoms with Crippen molar-refractivity contribution in [1.82, 2.24) is 0 Å². The summed E-state index contributed by atoms with van der Waals surface area (Å²) in [5.74, 6) is 1.78. The van der Waals surface area contributed by atoms with Crippen LogP contribution in [0, 0.1) is 11.8 Å². The molecule has 3 N–H and O–H groups in total. The molecule has 0 aromatic carbocycles. The van der Waals surface area contributed by atoms with Crippen LogP contribution in [0.3, 0.4) is 0 Å². The van der Waals surface area contributed by atoms with Crippen LogP contribution >= 0.6 is 0 Å². The average Bonchev–Trinajstić information content (AvgIpc) is 2.19. The first kappa shape index (κ1) is 11.6. The van der Waals surface area contributed by atoms with Crippen molar-refractivity contribution in [2.75, 3.05) is 0 Å². The van der Waals surface area contributed by atoms with E-state index in [1.54, 1.807) is 0 Å². The second kappa shape index (κ2) is 5.40. The van der Waals surface area contributed by atoms with Crippen LogP contribution in [-0.2, 0) is 0 Å². The minimum atomic E-state index is -0.210. The Labute approximate surface area is 87.2 Å². The first-order valence-corrected chi connectivity index (χ1v) is 5.76. The lowest BCUT2D eigenvalue weighted by Gasteiger charge is -2.29. The highest BCUT2D eigenvalue weighted by atomic mass is 16.3. The van der Waals surface area contributed by atoms with Gasteiger partial charge in [-0.05, 0) is 18.3 Å². The van der Waals surface area contributed by atoms with E-state index in [9.17, 15) is 0 Å². The standard InChI is InChI=1S/C12H23NO/c1-3-10-4-6-11(7-5-10)8-12(13)9(2)14/h10-12,14H,2-8,13H2,1H3/t10?,11?,12-/m0/s1. The highest BCUT2D eigenvalue weighted by Crippen LogP contribution is 2.33.